The van der Waals surface area contributed by atoms with Crippen molar-refractivity contribution in [3.8, 4) is 0 Å². The van der Waals surface area contributed by atoms with Gasteiger partial charge in [0.1, 0.15) is 6.61 Å². The van der Waals surface area contributed by atoms with Crippen LogP contribution in [-0.4, -0.2) is 23.2 Å². The van der Waals surface area contributed by atoms with Crippen LogP contribution in [0.25, 0.3) is 0 Å². The van der Waals surface area contributed by atoms with Gasteiger partial charge >= 0.3 is 0 Å². The second-order valence-corrected chi connectivity index (χ2v) is 3.35. The molecule has 78 valence electrons. The summed E-state index contributed by atoms with van der Waals surface area (Å²) in [6, 6.07) is 0. The zero-order chi connectivity index (χ0) is 9.80. The average Bonchev–Trinajstić information content (AvgIpc) is 2.68. The Morgan fingerprint density at radius 2 is 2.14 bits per heavy atom. The van der Waals surface area contributed by atoms with Gasteiger partial charge in [-0.25, -0.2) is 5.90 Å². The number of nitrogens with zero attached hydrogens (tertiary/aromatic N) is 3. The summed E-state index contributed by atoms with van der Waals surface area (Å²) in [5.74, 6) is 5.98. The van der Waals surface area contributed by atoms with Gasteiger partial charge in [0.15, 0.2) is 0 Å². The molecule has 2 heterocycles. The standard InChI is InChI=1S/C8H14N4O2/c9-13-6-7-10-8(11-14-7)12-4-2-1-3-5-12/h1-6,9H2. The predicted molar refractivity (Wildman–Crippen MR) is 49.3 cm³/mol. The number of piperidine rings is 1. The predicted octanol–water partition coefficient (Wildman–Crippen LogP) is 0.450. The summed E-state index contributed by atoms with van der Waals surface area (Å²) in [4.78, 5) is 10.7. The van der Waals surface area contributed by atoms with Crippen LogP contribution in [0, 0.1) is 0 Å². The Labute approximate surface area is 82.0 Å². The fraction of sp³-hybridized carbons (Fsp3) is 0.750. The van der Waals surface area contributed by atoms with Crippen LogP contribution in [0.4, 0.5) is 5.95 Å². The van der Waals surface area contributed by atoms with Crippen molar-refractivity contribution < 1.29 is 9.36 Å². The highest BCUT2D eigenvalue weighted by molar-refractivity contribution is 5.27. The molecule has 1 saturated heterocycles. The molecule has 1 aliphatic heterocycles. The largest absolute Gasteiger partial charge is 0.338 e. The molecule has 0 aromatic carbocycles. The summed E-state index contributed by atoms with van der Waals surface area (Å²) in [5.41, 5.74) is 0. The number of hydrogen-bond acceptors (Lipinski definition) is 6. The fourth-order valence-corrected chi connectivity index (χ4v) is 1.60. The van der Waals surface area contributed by atoms with Crippen LogP contribution in [0.2, 0.25) is 0 Å². The lowest BCUT2D eigenvalue weighted by atomic mass is 10.1. The molecule has 14 heavy (non-hydrogen) atoms. The summed E-state index contributed by atoms with van der Waals surface area (Å²) in [6.45, 7) is 2.17. The first-order valence-corrected chi connectivity index (χ1v) is 4.79. The Bertz CT molecular complexity index is 283. The van der Waals surface area contributed by atoms with Crippen molar-refractivity contribution in [3.63, 3.8) is 0 Å². The minimum Gasteiger partial charge on any atom is -0.338 e. The van der Waals surface area contributed by atoms with E-state index in [0.717, 1.165) is 13.1 Å². The molecule has 6 nitrogen and oxygen atoms in total. The number of hydrogen-bond donors (Lipinski definition) is 1. The molecule has 0 unspecified atom stereocenters. The summed E-state index contributed by atoms with van der Waals surface area (Å²) in [7, 11) is 0. The Kier molecular flexibility index (Phi) is 2.95. The minimum atomic E-state index is 0.167. The molecule has 1 aromatic rings. The quantitative estimate of drug-likeness (QED) is 0.710. The van der Waals surface area contributed by atoms with Gasteiger partial charge in [0.2, 0.25) is 0 Å². The number of rotatable bonds is 3. The third kappa shape index (κ3) is 2.02. The smallest absolute Gasteiger partial charge is 0.266 e. The maximum Gasteiger partial charge on any atom is 0.266 e. The van der Waals surface area contributed by atoms with Gasteiger partial charge in [-0.2, -0.15) is 4.98 Å². The molecule has 0 saturated carbocycles. The lowest BCUT2D eigenvalue weighted by molar-refractivity contribution is 0.0995. The molecule has 0 aliphatic carbocycles. The van der Waals surface area contributed by atoms with Crippen LogP contribution in [0.15, 0.2) is 4.52 Å². The first kappa shape index (κ1) is 9.42. The van der Waals surface area contributed by atoms with Crippen LogP contribution >= 0.6 is 0 Å². The SMILES string of the molecule is NOCc1nc(N2CCCCC2)no1. The van der Waals surface area contributed by atoms with Crippen molar-refractivity contribution in [1.82, 2.24) is 10.1 Å². The van der Waals surface area contributed by atoms with E-state index in [1.165, 1.54) is 19.3 Å². The van der Waals surface area contributed by atoms with Crippen molar-refractivity contribution in [2.45, 2.75) is 25.9 Å². The van der Waals surface area contributed by atoms with Gasteiger partial charge in [0.05, 0.1) is 0 Å². The van der Waals surface area contributed by atoms with E-state index in [1.54, 1.807) is 0 Å². The van der Waals surface area contributed by atoms with Gasteiger partial charge in [-0.15, -0.1) is 0 Å². The number of aromatic nitrogens is 2. The van der Waals surface area contributed by atoms with Gasteiger partial charge < -0.3 is 9.42 Å². The Morgan fingerprint density at radius 1 is 1.36 bits per heavy atom. The van der Waals surface area contributed by atoms with E-state index in [9.17, 15) is 0 Å². The van der Waals surface area contributed by atoms with E-state index in [0.29, 0.717) is 11.8 Å². The normalized spacial score (nSPS) is 17.4. The third-order valence-electron chi connectivity index (χ3n) is 2.30. The fourth-order valence-electron chi connectivity index (χ4n) is 1.60. The summed E-state index contributed by atoms with van der Waals surface area (Å²) >= 11 is 0. The molecule has 0 amide bonds. The van der Waals surface area contributed by atoms with Gasteiger partial charge in [0.25, 0.3) is 11.8 Å². The summed E-state index contributed by atoms with van der Waals surface area (Å²) < 4.78 is 4.95. The molecule has 0 spiro atoms. The first-order valence-electron chi connectivity index (χ1n) is 4.79. The molecule has 1 fully saturated rings. The number of anilines is 1. The van der Waals surface area contributed by atoms with E-state index in [2.05, 4.69) is 19.9 Å². The van der Waals surface area contributed by atoms with Gasteiger partial charge in [-0.1, -0.05) is 0 Å². The third-order valence-corrected chi connectivity index (χ3v) is 2.30. The molecule has 0 radical (unpaired) electrons. The lowest BCUT2D eigenvalue weighted by Crippen LogP contribution is -2.30. The highest BCUT2D eigenvalue weighted by atomic mass is 16.6. The molecule has 2 N–H and O–H groups in total. The van der Waals surface area contributed by atoms with Gasteiger partial charge in [-0.3, -0.25) is 4.84 Å². The van der Waals surface area contributed by atoms with Crippen LogP contribution in [0.3, 0.4) is 0 Å². The van der Waals surface area contributed by atoms with Crippen LogP contribution < -0.4 is 10.8 Å². The van der Waals surface area contributed by atoms with Crippen molar-refractivity contribution in [3.05, 3.63) is 5.89 Å². The van der Waals surface area contributed by atoms with E-state index in [1.807, 2.05) is 0 Å². The monoisotopic (exact) mass is 198 g/mol. The van der Waals surface area contributed by atoms with Crippen LogP contribution in [0.1, 0.15) is 25.2 Å². The number of nitrogens with two attached hydrogens (primary N) is 1. The highest BCUT2D eigenvalue weighted by Crippen LogP contribution is 2.16. The maximum absolute atomic E-state index is 4.95. The first-order chi connectivity index (χ1) is 6.90. The molecule has 6 heteroatoms. The molecular weight excluding hydrogens is 184 g/mol. The van der Waals surface area contributed by atoms with E-state index < -0.39 is 0 Å². The van der Waals surface area contributed by atoms with Gasteiger partial charge in [0, 0.05) is 13.1 Å². The summed E-state index contributed by atoms with van der Waals surface area (Å²) in [6.07, 6.45) is 3.67. The zero-order valence-corrected chi connectivity index (χ0v) is 7.98. The molecule has 0 atom stereocenters. The molecule has 1 aliphatic rings. The maximum atomic E-state index is 4.95. The zero-order valence-electron chi connectivity index (χ0n) is 7.98. The lowest BCUT2D eigenvalue weighted by Gasteiger charge is -2.24. The van der Waals surface area contributed by atoms with Gasteiger partial charge in [-0.05, 0) is 24.4 Å². The second kappa shape index (κ2) is 4.39. The van der Waals surface area contributed by atoms with E-state index >= 15 is 0 Å². The van der Waals surface area contributed by atoms with Crippen molar-refractivity contribution >= 4 is 5.95 Å². The highest BCUT2D eigenvalue weighted by Gasteiger charge is 2.16. The second-order valence-electron chi connectivity index (χ2n) is 3.35. The van der Waals surface area contributed by atoms with Crippen LogP contribution in [-0.2, 0) is 11.4 Å². The molecule has 2 rings (SSSR count). The topological polar surface area (TPSA) is 77.4 Å². The Balaban J connectivity index is 2.00. The molecular formula is C8H14N4O2. The summed E-state index contributed by atoms with van der Waals surface area (Å²) in [5, 5.41) is 3.86. The van der Waals surface area contributed by atoms with Crippen molar-refractivity contribution in [2.75, 3.05) is 18.0 Å². The van der Waals surface area contributed by atoms with Crippen LogP contribution in [0.5, 0.6) is 0 Å². The van der Waals surface area contributed by atoms with E-state index in [4.69, 9.17) is 10.4 Å². The van der Waals surface area contributed by atoms with Crippen molar-refractivity contribution in [1.29, 1.82) is 0 Å². The average molecular weight is 198 g/mol. The van der Waals surface area contributed by atoms with Crippen molar-refractivity contribution in [2.24, 2.45) is 5.90 Å². The Morgan fingerprint density at radius 3 is 2.86 bits per heavy atom. The molecule has 0 bridgehead atoms. The minimum absolute atomic E-state index is 0.167. The van der Waals surface area contributed by atoms with E-state index in [-0.39, 0.29) is 6.61 Å². The molecule has 1 aromatic heterocycles. The Hall–Kier alpha value is -1.14.